The molecule has 1 aliphatic rings. The molecule has 7 nitrogen and oxygen atoms in total. The van der Waals surface area contributed by atoms with Crippen molar-refractivity contribution in [2.75, 3.05) is 37.1 Å². The van der Waals surface area contributed by atoms with Crippen LogP contribution in [0.1, 0.15) is 12.8 Å². The molecule has 0 fully saturated rings. The summed E-state index contributed by atoms with van der Waals surface area (Å²) in [6.07, 6.45) is 0.124. The van der Waals surface area contributed by atoms with E-state index < -0.39 is 0 Å². The third-order valence-electron chi connectivity index (χ3n) is 3.87. The van der Waals surface area contributed by atoms with Gasteiger partial charge in [0.15, 0.2) is 0 Å². The Kier molecular flexibility index (Phi) is 6.65. The third-order valence-corrected chi connectivity index (χ3v) is 3.87. The highest BCUT2D eigenvalue weighted by molar-refractivity contribution is 5.98. The van der Waals surface area contributed by atoms with Gasteiger partial charge < -0.3 is 24.8 Å². The number of nitrogens with one attached hydrogen (secondary N) is 2. The van der Waals surface area contributed by atoms with Gasteiger partial charge in [0.05, 0.1) is 24.6 Å². The maximum absolute atomic E-state index is 12.2. The number of para-hydroxylation sites is 4. The maximum atomic E-state index is 12.2. The van der Waals surface area contributed by atoms with Gasteiger partial charge in [-0.3, -0.25) is 9.59 Å². The predicted molar refractivity (Wildman–Crippen MR) is 101 cm³/mol. The van der Waals surface area contributed by atoms with Crippen LogP contribution in [-0.2, 0) is 14.3 Å². The van der Waals surface area contributed by atoms with Crippen molar-refractivity contribution in [1.29, 1.82) is 0 Å². The number of hydrogen-bond acceptors (Lipinski definition) is 5. The van der Waals surface area contributed by atoms with Crippen LogP contribution >= 0.6 is 0 Å². The molecule has 2 aromatic rings. The van der Waals surface area contributed by atoms with Gasteiger partial charge in [-0.25, -0.2) is 0 Å². The second-order valence-electron chi connectivity index (χ2n) is 5.90. The van der Waals surface area contributed by atoms with Crippen molar-refractivity contribution in [3.05, 3.63) is 48.5 Å². The van der Waals surface area contributed by atoms with E-state index >= 15 is 0 Å². The van der Waals surface area contributed by atoms with E-state index in [0.717, 1.165) is 0 Å². The first kappa shape index (κ1) is 18.7. The van der Waals surface area contributed by atoms with Gasteiger partial charge in [-0.15, -0.1) is 0 Å². The lowest BCUT2D eigenvalue weighted by atomic mass is 10.2. The molecule has 7 heteroatoms. The predicted octanol–water partition coefficient (Wildman–Crippen LogP) is 2.83. The van der Waals surface area contributed by atoms with Gasteiger partial charge >= 0.3 is 0 Å². The topological polar surface area (TPSA) is 85.9 Å². The van der Waals surface area contributed by atoms with Gasteiger partial charge in [-0.2, -0.15) is 0 Å². The van der Waals surface area contributed by atoms with E-state index in [0.29, 0.717) is 49.3 Å². The molecule has 0 atom stereocenters. The lowest BCUT2D eigenvalue weighted by Crippen LogP contribution is -2.18. The van der Waals surface area contributed by atoms with Crippen LogP contribution in [0.5, 0.6) is 11.5 Å². The van der Waals surface area contributed by atoms with Crippen LogP contribution in [0.2, 0.25) is 0 Å². The van der Waals surface area contributed by atoms with Gasteiger partial charge in [-0.05, 0) is 24.3 Å². The van der Waals surface area contributed by atoms with Gasteiger partial charge in [-0.1, -0.05) is 24.3 Å². The highest BCUT2D eigenvalue weighted by atomic mass is 16.5. The van der Waals surface area contributed by atoms with E-state index in [1.165, 1.54) is 0 Å². The molecule has 1 heterocycles. The Hall–Kier alpha value is -3.06. The molecule has 3 rings (SSSR count). The number of carbonyl (C=O) groups is 2. The summed E-state index contributed by atoms with van der Waals surface area (Å²) in [7, 11) is 0. The number of hydrogen-bond donors (Lipinski definition) is 2. The number of amides is 2. The molecule has 2 N–H and O–H groups in total. The summed E-state index contributed by atoms with van der Waals surface area (Å²) in [4.78, 5) is 24.4. The van der Waals surface area contributed by atoms with Gasteiger partial charge in [0, 0.05) is 12.8 Å². The normalized spacial score (nSPS) is 16.4. The van der Waals surface area contributed by atoms with Crippen LogP contribution in [0, 0.1) is 0 Å². The van der Waals surface area contributed by atoms with Crippen molar-refractivity contribution in [3.8, 4) is 11.5 Å². The average Bonchev–Trinajstić information content (AvgIpc) is 2.67. The van der Waals surface area contributed by atoms with Crippen molar-refractivity contribution in [1.82, 2.24) is 0 Å². The Morgan fingerprint density at radius 1 is 0.630 bits per heavy atom. The van der Waals surface area contributed by atoms with Crippen molar-refractivity contribution in [3.63, 3.8) is 0 Å². The second kappa shape index (κ2) is 9.59. The first-order chi connectivity index (χ1) is 13.2. The summed E-state index contributed by atoms with van der Waals surface area (Å²) in [6.45, 7) is 1.49. The van der Waals surface area contributed by atoms with E-state index in [1.807, 2.05) is 24.3 Å². The molecular weight excluding hydrogens is 348 g/mol. The van der Waals surface area contributed by atoms with E-state index in [1.54, 1.807) is 24.3 Å². The van der Waals surface area contributed by atoms with Crippen molar-refractivity contribution in [2.24, 2.45) is 0 Å². The number of fused-ring (bicyclic) bond motifs is 2. The SMILES string of the molecule is O=C1CCC(=O)Nc2ccccc2OCCOCCOc2ccccc2N1. The first-order valence-corrected chi connectivity index (χ1v) is 8.83. The summed E-state index contributed by atoms with van der Waals surface area (Å²) in [6, 6.07) is 14.3. The number of rotatable bonds is 0. The number of carbonyl (C=O) groups excluding carboxylic acids is 2. The van der Waals surface area contributed by atoms with E-state index in [4.69, 9.17) is 14.2 Å². The minimum Gasteiger partial charge on any atom is -0.489 e. The number of ether oxygens (including phenoxy) is 3. The molecule has 0 spiro atoms. The highest BCUT2D eigenvalue weighted by Gasteiger charge is 2.12. The lowest BCUT2D eigenvalue weighted by molar-refractivity contribution is -0.121. The number of benzene rings is 2. The molecule has 0 radical (unpaired) electrons. The largest absolute Gasteiger partial charge is 0.489 e. The first-order valence-electron chi connectivity index (χ1n) is 8.83. The molecule has 0 unspecified atom stereocenters. The van der Waals surface area contributed by atoms with Crippen LogP contribution in [0.4, 0.5) is 11.4 Å². The number of anilines is 2. The minimum absolute atomic E-state index is 0.0618. The molecular formula is C20H22N2O5. The molecule has 27 heavy (non-hydrogen) atoms. The molecule has 0 bridgehead atoms. The van der Waals surface area contributed by atoms with Crippen LogP contribution in [-0.4, -0.2) is 38.2 Å². The molecule has 2 aromatic carbocycles. The average molecular weight is 370 g/mol. The quantitative estimate of drug-likeness (QED) is 0.745. The minimum atomic E-state index is -0.258. The van der Waals surface area contributed by atoms with Gasteiger partial charge in [0.25, 0.3) is 0 Å². The van der Waals surface area contributed by atoms with Crippen molar-refractivity contribution in [2.45, 2.75) is 12.8 Å². The third kappa shape index (κ3) is 5.72. The van der Waals surface area contributed by atoms with Crippen molar-refractivity contribution < 1.29 is 23.8 Å². The van der Waals surface area contributed by atoms with Crippen LogP contribution < -0.4 is 20.1 Å². The second-order valence-corrected chi connectivity index (χ2v) is 5.90. The molecule has 0 saturated heterocycles. The zero-order valence-electron chi connectivity index (χ0n) is 14.9. The van der Waals surface area contributed by atoms with Crippen LogP contribution in [0.25, 0.3) is 0 Å². The smallest absolute Gasteiger partial charge is 0.224 e. The standard InChI is InChI=1S/C20H22N2O5/c23-19-9-10-20(24)22-16-6-2-4-8-18(16)27-14-12-25-11-13-26-17-7-3-1-5-15(17)21-19/h1-8H,9-14H2,(H,21,23)(H,22,24). The maximum Gasteiger partial charge on any atom is 0.224 e. The molecule has 1 aliphatic heterocycles. The summed E-state index contributed by atoms with van der Waals surface area (Å²) >= 11 is 0. The summed E-state index contributed by atoms with van der Waals surface area (Å²) in [5, 5.41) is 5.57. The van der Waals surface area contributed by atoms with E-state index in [2.05, 4.69) is 10.6 Å². The fraction of sp³-hybridized carbons (Fsp3) is 0.300. The molecule has 0 aromatic heterocycles. The van der Waals surface area contributed by atoms with Gasteiger partial charge in [0.2, 0.25) is 11.8 Å². The lowest BCUT2D eigenvalue weighted by Gasteiger charge is -2.12. The summed E-state index contributed by atoms with van der Waals surface area (Å²) < 4.78 is 16.9. The molecule has 0 aliphatic carbocycles. The Balaban J connectivity index is 1.71. The Morgan fingerprint density at radius 2 is 1.07 bits per heavy atom. The monoisotopic (exact) mass is 370 g/mol. The Morgan fingerprint density at radius 3 is 1.56 bits per heavy atom. The summed E-state index contributed by atoms with van der Waals surface area (Å²) in [5.41, 5.74) is 1.14. The molecule has 142 valence electrons. The Labute approximate surface area is 157 Å². The Bertz CT molecular complexity index is 728. The van der Waals surface area contributed by atoms with Crippen LogP contribution in [0.15, 0.2) is 48.5 Å². The van der Waals surface area contributed by atoms with E-state index in [-0.39, 0.29) is 24.7 Å². The molecule has 2 amide bonds. The van der Waals surface area contributed by atoms with Crippen LogP contribution in [0.3, 0.4) is 0 Å². The highest BCUT2D eigenvalue weighted by Crippen LogP contribution is 2.25. The van der Waals surface area contributed by atoms with E-state index in [9.17, 15) is 9.59 Å². The fourth-order valence-corrected chi connectivity index (χ4v) is 2.57. The zero-order valence-corrected chi connectivity index (χ0v) is 14.9. The zero-order chi connectivity index (χ0) is 18.9. The summed E-state index contributed by atoms with van der Waals surface area (Å²) in [5.74, 6) is 0.608. The van der Waals surface area contributed by atoms with Gasteiger partial charge in [0.1, 0.15) is 24.7 Å². The molecule has 0 saturated carbocycles. The van der Waals surface area contributed by atoms with Crippen molar-refractivity contribution >= 4 is 23.2 Å². The fourth-order valence-electron chi connectivity index (χ4n) is 2.57.